The maximum absolute atomic E-state index is 9.17. The van der Waals surface area contributed by atoms with E-state index in [1.54, 1.807) is 6.92 Å². The minimum atomic E-state index is -1.17. The second kappa shape index (κ2) is 3.28. The predicted octanol–water partition coefficient (Wildman–Crippen LogP) is -1.26. The quantitative estimate of drug-likeness (QED) is 0.351. The molecule has 1 saturated heterocycles. The predicted molar refractivity (Wildman–Crippen MR) is 41.3 cm³/mol. The number of aliphatic hydroxyl groups excluding tert-OH is 3. The van der Waals surface area contributed by atoms with Crippen LogP contribution in [0.1, 0.15) is 6.92 Å². The van der Waals surface area contributed by atoms with Gasteiger partial charge in [0, 0.05) is 0 Å². The molecule has 0 aromatic heterocycles. The molecule has 0 amide bonds. The Balaban J connectivity index is 2.63. The molecule has 1 rings (SSSR count). The number of ether oxygens (including phenoxy) is 1. The Morgan fingerprint density at radius 3 is 2.18 bits per heavy atom. The van der Waals surface area contributed by atoms with Gasteiger partial charge in [-0.3, -0.25) is 0 Å². The normalized spacial score (nSPS) is 52.6. The van der Waals surface area contributed by atoms with E-state index in [9.17, 15) is 0 Å². The molecule has 1 heterocycles. The average molecular weight is 180 g/mol. The van der Waals surface area contributed by atoms with Crippen LogP contribution in [-0.4, -0.2) is 45.2 Å². The molecule has 3 N–H and O–H groups in total. The summed E-state index contributed by atoms with van der Waals surface area (Å²) in [7, 11) is 0. The van der Waals surface area contributed by atoms with Gasteiger partial charge in [-0.2, -0.15) is 0 Å². The van der Waals surface area contributed by atoms with E-state index < -0.39 is 29.9 Å². The van der Waals surface area contributed by atoms with Crippen LogP contribution in [0.5, 0.6) is 0 Å². The van der Waals surface area contributed by atoms with Crippen LogP contribution in [0, 0.1) is 0 Å². The molecular weight excluding hydrogens is 168 g/mol. The van der Waals surface area contributed by atoms with Crippen molar-refractivity contribution in [3.63, 3.8) is 0 Å². The fourth-order valence-electron chi connectivity index (χ4n) is 1.03. The minimum absolute atomic E-state index is 0.490. The summed E-state index contributed by atoms with van der Waals surface area (Å²) in [4.78, 5) is 0. The van der Waals surface area contributed by atoms with E-state index in [-0.39, 0.29) is 0 Å². The van der Waals surface area contributed by atoms with E-state index >= 15 is 0 Å². The van der Waals surface area contributed by atoms with Crippen LogP contribution in [0.2, 0.25) is 0 Å². The second-order valence-corrected chi connectivity index (χ2v) is 3.21. The molecule has 66 valence electrons. The zero-order valence-electron chi connectivity index (χ0n) is 6.08. The molecule has 0 saturated carbocycles. The third-order valence-corrected chi connectivity index (χ3v) is 2.25. The number of hydrogen-bond acceptors (Lipinski definition) is 5. The van der Waals surface area contributed by atoms with Crippen molar-refractivity contribution in [2.24, 2.45) is 0 Å². The van der Waals surface area contributed by atoms with Crippen molar-refractivity contribution >= 4 is 12.6 Å². The Morgan fingerprint density at radius 2 is 1.64 bits per heavy atom. The molecular formula is C6H12O4S. The molecule has 0 aromatic rings. The highest BCUT2D eigenvalue weighted by atomic mass is 32.1. The fraction of sp³-hybridized carbons (Fsp3) is 1.00. The molecule has 5 heteroatoms. The highest BCUT2D eigenvalue weighted by molar-refractivity contribution is 7.80. The molecule has 4 nitrogen and oxygen atoms in total. The van der Waals surface area contributed by atoms with Crippen LogP contribution in [0.3, 0.4) is 0 Å². The van der Waals surface area contributed by atoms with Gasteiger partial charge in [0.05, 0.1) is 6.10 Å². The topological polar surface area (TPSA) is 69.9 Å². The largest absolute Gasteiger partial charge is 0.388 e. The van der Waals surface area contributed by atoms with E-state index in [2.05, 4.69) is 12.6 Å². The zero-order chi connectivity index (χ0) is 8.59. The third kappa shape index (κ3) is 1.68. The van der Waals surface area contributed by atoms with Crippen LogP contribution < -0.4 is 0 Å². The zero-order valence-corrected chi connectivity index (χ0v) is 6.98. The van der Waals surface area contributed by atoms with Crippen LogP contribution in [0.25, 0.3) is 0 Å². The first-order valence-electron chi connectivity index (χ1n) is 3.41. The van der Waals surface area contributed by atoms with E-state index in [0.29, 0.717) is 0 Å². The standard InChI is InChI=1S/C6H12O4S/c1-2-3(7)4(8)5(9)6(11)10-2/h2-9,11H,1H3/t2-,3+,4+,5-,6-/m1/s1. The summed E-state index contributed by atoms with van der Waals surface area (Å²) in [6, 6.07) is 0. The van der Waals surface area contributed by atoms with Crippen molar-refractivity contribution in [2.45, 2.75) is 36.8 Å². The maximum Gasteiger partial charge on any atom is 0.129 e. The summed E-state index contributed by atoms with van der Waals surface area (Å²) in [5.74, 6) is 0. The Labute approximate surface area is 70.2 Å². The smallest absolute Gasteiger partial charge is 0.129 e. The van der Waals surface area contributed by atoms with E-state index in [4.69, 9.17) is 20.1 Å². The average Bonchev–Trinajstić information content (AvgIpc) is 1.97. The lowest BCUT2D eigenvalue weighted by atomic mass is 10.0. The number of thiol groups is 1. The Kier molecular flexibility index (Phi) is 2.77. The van der Waals surface area contributed by atoms with Crippen LogP contribution in [-0.2, 0) is 4.74 Å². The van der Waals surface area contributed by atoms with Gasteiger partial charge in [0.25, 0.3) is 0 Å². The van der Waals surface area contributed by atoms with Gasteiger partial charge < -0.3 is 20.1 Å². The Hall–Kier alpha value is 0.190. The molecule has 0 radical (unpaired) electrons. The highest BCUT2D eigenvalue weighted by Crippen LogP contribution is 2.22. The van der Waals surface area contributed by atoms with Crippen molar-refractivity contribution in [1.29, 1.82) is 0 Å². The Morgan fingerprint density at radius 1 is 1.09 bits per heavy atom. The van der Waals surface area contributed by atoms with Gasteiger partial charge in [-0.05, 0) is 6.92 Å². The van der Waals surface area contributed by atoms with Crippen LogP contribution in [0.15, 0.2) is 0 Å². The molecule has 1 fully saturated rings. The molecule has 5 atom stereocenters. The van der Waals surface area contributed by atoms with Crippen molar-refractivity contribution < 1.29 is 20.1 Å². The molecule has 1 aliphatic rings. The first-order chi connectivity index (χ1) is 5.04. The van der Waals surface area contributed by atoms with E-state index in [1.807, 2.05) is 0 Å². The van der Waals surface area contributed by atoms with Gasteiger partial charge in [0.1, 0.15) is 23.7 Å². The number of rotatable bonds is 0. The third-order valence-electron chi connectivity index (χ3n) is 1.83. The first kappa shape index (κ1) is 9.28. The maximum atomic E-state index is 9.17. The summed E-state index contributed by atoms with van der Waals surface area (Å²) in [6.45, 7) is 1.61. The lowest BCUT2D eigenvalue weighted by Crippen LogP contribution is -2.54. The molecule has 0 bridgehead atoms. The van der Waals surface area contributed by atoms with Crippen LogP contribution >= 0.6 is 12.6 Å². The van der Waals surface area contributed by atoms with Gasteiger partial charge in [-0.15, -0.1) is 12.6 Å². The lowest BCUT2D eigenvalue weighted by molar-refractivity contribution is -0.191. The second-order valence-electron chi connectivity index (χ2n) is 2.70. The molecule has 0 spiro atoms. The monoisotopic (exact) mass is 180 g/mol. The molecule has 11 heavy (non-hydrogen) atoms. The summed E-state index contributed by atoms with van der Waals surface area (Å²) in [6.07, 6.45) is -3.81. The summed E-state index contributed by atoms with van der Waals surface area (Å²) >= 11 is 3.87. The van der Waals surface area contributed by atoms with Crippen LogP contribution in [0.4, 0.5) is 0 Å². The van der Waals surface area contributed by atoms with Gasteiger partial charge in [0.2, 0.25) is 0 Å². The van der Waals surface area contributed by atoms with Crippen molar-refractivity contribution in [3.05, 3.63) is 0 Å². The first-order valence-corrected chi connectivity index (χ1v) is 3.93. The van der Waals surface area contributed by atoms with Gasteiger partial charge in [-0.1, -0.05) is 0 Å². The number of hydrogen-bond donors (Lipinski definition) is 4. The highest BCUT2D eigenvalue weighted by Gasteiger charge is 2.39. The van der Waals surface area contributed by atoms with Gasteiger partial charge >= 0.3 is 0 Å². The number of aliphatic hydroxyl groups is 3. The van der Waals surface area contributed by atoms with Crippen molar-refractivity contribution in [1.82, 2.24) is 0 Å². The van der Waals surface area contributed by atoms with E-state index in [1.165, 1.54) is 0 Å². The summed E-state index contributed by atoms with van der Waals surface area (Å²) in [5.41, 5.74) is -0.719. The van der Waals surface area contributed by atoms with Crippen molar-refractivity contribution in [2.75, 3.05) is 0 Å². The molecule has 0 unspecified atom stereocenters. The molecule has 1 aliphatic heterocycles. The van der Waals surface area contributed by atoms with Crippen molar-refractivity contribution in [3.8, 4) is 0 Å². The van der Waals surface area contributed by atoms with Gasteiger partial charge in [0.15, 0.2) is 0 Å². The SMILES string of the molecule is C[C@H]1O[C@H](S)[C@H](O)[C@@H](O)[C@H]1O. The Bertz CT molecular complexity index is 129. The fourth-order valence-corrected chi connectivity index (χ4v) is 1.40. The van der Waals surface area contributed by atoms with Gasteiger partial charge in [-0.25, -0.2) is 0 Å². The summed E-state index contributed by atoms with van der Waals surface area (Å²) in [5, 5.41) is 27.4. The summed E-state index contributed by atoms with van der Waals surface area (Å²) < 4.78 is 4.99. The lowest BCUT2D eigenvalue weighted by Gasteiger charge is -2.37. The molecule has 0 aromatic carbocycles. The van der Waals surface area contributed by atoms with E-state index in [0.717, 1.165) is 0 Å². The molecule has 0 aliphatic carbocycles. The minimum Gasteiger partial charge on any atom is -0.388 e.